The van der Waals surface area contributed by atoms with Gasteiger partial charge in [-0.1, -0.05) is 40.7 Å². The molecule has 0 saturated heterocycles. The topological polar surface area (TPSA) is 65.4 Å². The van der Waals surface area contributed by atoms with Crippen LogP contribution in [0.3, 0.4) is 0 Å². The van der Waals surface area contributed by atoms with Crippen LogP contribution in [0.5, 0.6) is 0 Å². The van der Waals surface area contributed by atoms with E-state index in [9.17, 15) is 0 Å². The van der Waals surface area contributed by atoms with Crippen LogP contribution in [0.2, 0.25) is 0 Å². The number of nitrogens with one attached hydrogen (secondary N) is 2. The Labute approximate surface area is 104 Å². The summed E-state index contributed by atoms with van der Waals surface area (Å²) in [6.45, 7) is 0. The first kappa shape index (κ1) is 10.5. The van der Waals surface area contributed by atoms with E-state index >= 15 is 0 Å². The normalized spacial score (nSPS) is 11.1. The lowest BCUT2D eigenvalue weighted by Gasteiger charge is -1.95. The summed E-state index contributed by atoms with van der Waals surface area (Å²) >= 11 is 0. The van der Waals surface area contributed by atoms with Crippen molar-refractivity contribution < 1.29 is 0 Å². The number of anilines is 1. The maximum absolute atomic E-state index is 4.29. The highest BCUT2D eigenvalue weighted by Crippen LogP contribution is 2.15. The van der Waals surface area contributed by atoms with Gasteiger partial charge in [0, 0.05) is 0 Å². The summed E-state index contributed by atoms with van der Waals surface area (Å²) in [5.41, 5.74) is 5.55. The average Bonchev–Trinajstić information content (AvgIpc) is 2.82. The fraction of sp³-hybridized carbons (Fsp3) is 0. The molecule has 2 aromatic carbocycles. The lowest BCUT2D eigenvalue weighted by Crippen LogP contribution is -1.84. The van der Waals surface area contributed by atoms with Gasteiger partial charge in [0.25, 0.3) is 0 Å². The van der Waals surface area contributed by atoms with Crippen molar-refractivity contribution in [1.82, 2.24) is 9.97 Å². The van der Waals surface area contributed by atoms with E-state index in [4.69, 9.17) is 0 Å². The van der Waals surface area contributed by atoms with Crippen molar-refractivity contribution in [1.29, 1.82) is 0 Å². The fourth-order valence-corrected chi connectivity index (χ4v) is 1.63. The van der Waals surface area contributed by atoms with Crippen LogP contribution in [-0.4, -0.2) is 9.97 Å². The summed E-state index contributed by atoms with van der Waals surface area (Å²) in [7, 11) is 0. The van der Waals surface area contributed by atoms with Crippen molar-refractivity contribution >= 4 is 22.7 Å². The maximum Gasteiger partial charge on any atom is 0.249 e. The van der Waals surface area contributed by atoms with Gasteiger partial charge >= 0.3 is 0 Å². The highest BCUT2D eigenvalue weighted by molar-refractivity contribution is 5.76. The number of aromatic nitrogens is 2. The summed E-state index contributed by atoms with van der Waals surface area (Å²) < 4.78 is 0. The zero-order chi connectivity index (χ0) is 12.2. The highest BCUT2D eigenvalue weighted by atomic mass is 15.4. The number of para-hydroxylation sites is 3. The minimum Gasteiger partial charge on any atom is -0.321 e. The highest BCUT2D eigenvalue weighted by Gasteiger charge is 1.99. The molecular weight excluding hydrogens is 226 g/mol. The minimum atomic E-state index is 0.486. The van der Waals surface area contributed by atoms with Crippen molar-refractivity contribution in [3.05, 3.63) is 54.6 Å². The molecule has 0 aliphatic rings. The zero-order valence-corrected chi connectivity index (χ0v) is 9.54. The minimum absolute atomic E-state index is 0.486. The number of benzene rings is 2. The Bertz CT molecular complexity index is 639. The molecule has 0 amide bonds. The van der Waals surface area contributed by atoms with Crippen LogP contribution in [0.4, 0.5) is 11.6 Å². The summed E-state index contributed by atoms with van der Waals surface area (Å²) in [6, 6.07) is 17.4. The van der Waals surface area contributed by atoms with Crippen LogP contribution in [0.15, 0.2) is 64.9 Å². The van der Waals surface area contributed by atoms with Gasteiger partial charge in [-0.15, -0.1) is 0 Å². The Morgan fingerprint density at radius 1 is 0.944 bits per heavy atom. The molecule has 2 N–H and O–H groups in total. The molecule has 0 bridgehead atoms. The SMILES string of the molecule is c1ccc(N/N=N/c2nc3ccccc3[nH]2)cc1. The molecule has 0 fully saturated rings. The Morgan fingerprint density at radius 2 is 1.72 bits per heavy atom. The summed E-state index contributed by atoms with van der Waals surface area (Å²) in [6.07, 6.45) is 0. The van der Waals surface area contributed by atoms with E-state index in [2.05, 4.69) is 25.7 Å². The Hall–Kier alpha value is -2.69. The molecule has 0 aliphatic carbocycles. The molecular formula is C13H11N5. The molecule has 0 spiro atoms. The van der Waals surface area contributed by atoms with Gasteiger partial charge in [-0.2, -0.15) is 0 Å². The first-order valence-corrected chi connectivity index (χ1v) is 5.58. The Morgan fingerprint density at radius 3 is 2.56 bits per heavy atom. The van der Waals surface area contributed by atoms with Gasteiger partial charge in [0.05, 0.1) is 16.7 Å². The number of nitrogens with zero attached hydrogens (tertiary/aromatic N) is 3. The smallest absolute Gasteiger partial charge is 0.249 e. The molecule has 1 aromatic heterocycles. The molecule has 5 nitrogen and oxygen atoms in total. The second-order valence-corrected chi connectivity index (χ2v) is 3.76. The predicted octanol–water partition coefficient (Wildman–Crippen LogP) is 3.67. The lowest BCUT2D eigenvalue weighted by atomic mass is 10.3. The van der Waals surface area contributed by atoms with Gasteiger partial charge < -0.3 is 4.98 Å². The molecule has 0 atom stereocenters. The van der Waals surface area contributed by atoms with E-state index < -0.39 is 0 Å². The second-order valence-electron chi connectivity index (χ2n) is 3.76. The van der Waals surface area contributed by atoms with E-state index in [0.717, 1.165) is 16.7 Å². The summed E-state index contributed by atoms with van der Waals surface area (Å²) in [4.78, 5) is 7.36. The van der Waals surface area contributed by atoms with Crippen LogP contribution < -0.4 is 5.43 Å². The van der Waals surface area contributed by atoms with Crippen molar-refractivity contribution in [2.24, 2.45) is 10.3 Å². The van der Waals surface area contributed by atoms with Gasteiger partial charge in [0.2, 0.25) is 5.95 Å². The first-order valence-electron chi connectivity index (χ1n) is 5.58. The van der Waals surface area contributed by atoms with Crippen LogP contribution in [0.25, 0.3) is 11.0 Å². The zero-order valence-electron chi connectivity index (χ0n) is 9.54. The van der Waals surface area contributed by atoms with E-state index in [-0.39, 0.29) is 0 Å². The lowest BCUT2D eigenvalue weighted by molar-refractivity contribution is 1.07. The van der Waals surface area contributed by atoms with Gasteiger partial charge in [-0.25, -0.2) is 4.98 Å². The quantitative estimate of drug-likeness (QED) is 0.539. The van der Waals surface area contributed by atoms with Crippen molar-refractivity contribution in [3.8, 4) is 0 Å². The number of H-pyrrole nitrogens is 1. The van der Waals surface area contributed by atoms with E-state index in [1.165, 1.54) is 0 Å². The Kier molecular flexibility index (Phi) is 2.71. The molecule has 0 aliphatic heterocycles. The molecule has 3 aromatic rings. The molecule has 0 saturated carbocycles. The second kappa shape index (κ2) is 4.67. The van der Waals surface area contributed by atoms with Crippen molar-refractivity contribution in [2.45, 2.75) is 0 Å². The molecule has 3 rings (SSSR count). The number of aromatic amines is 1. The van der Waals surface area contributed by atoms with Gasteiger partial charge in [0.1, 0.15) is 0 Å². The monoisotopic (exact) mass is 237 g/mol. The van der Waals surface area contributed by atoms with Crippen LogP contribution in [0, 0.1) is 0 Å². The number of fused-ring (bicyclic) bond motifs is 1. The van der Waals surface area contributed by atoms with Gasteiger partial charge in [-0.3, -0.25) is 5.43 Å². The Balaban J connectivity index is 1.76. The third-order valence-electron chi connectivity index (χ3n) is 2.47. The molecule has 0 unspecified atom stereocenters. The number of hydrogen-bond acceptors (Lipinski definition) is 3. The largest absolute Gasteiger partial charge is 0.321 e. The third-order valence-corrected chi connectivity index (χ3v) is 2.47. The average molecular weight is 237 g/mol. The van der Waals surface area contributed by atoms with E-state index in [0.29, 0.717) is 5.95 Å². The van der Waals surface area contributed by atoms with Crippen molar-refractivity contribution in [2.75, 3.05) is 5.43 Å². The molecule has 1 heterocycles. The van der Waals surface area contributed by atoms with Gasteiger partial charge in [-0.05, 0) is 24.3 Å². The standard InChI is InChI=1S/C13H11N5/c1-2-6-10(7-3-1)16-18-17-13-14-11-8-4-5-9-12(11)15-13/h1-9H,(H2,14,15,16,17). The van der Waals surface area contributed by atoms with Crippen LogP contribution >= 0.6 is 0 Å². The van der Waals surface area contributed by atoms with Gasteiger partial charge in [0.15, 0.2) is 0 Å². The third kappa shape index (κ3) is 2.20. The first-order chi connectivity index (χ1) is 8.92. The number of rotatable bonds is 3. The van der Waals surface area contributed by atoms with E-state index in [1.807, 2.05) is 54.6 Å². The van der Waals surface area contributed by atoms with Crippen LogP contribution in [0.1, 0.15) is 0 Å². The maximum atomic E-state index is 4.29. The molecule has 5 heteroatoms. The molecule has 0 radical (unpaired) electrons. The number of imidazole rings is 1. The van der Waals surface area contributed by atoms with Crippen LogP contribution in [-0.2, 0) is 0 Å². The number of hydrogen-bond donors (Lipinski definition) is 2. The summed E-state index contributed by atoms with van der Waals surface area (Å²) in [5, 5.41) is 7.87. The molecule has 88 valence electrons. The summed E-state index contributed by atoms with van der Waals surface area (Å²) in [5.74, 6) is 0.486. The fourth-order valence-electron chi connectivity index (χ4n) is 1.63. The predicted molar refractivity (Wildman–Crippen MR) is 70.7 cm³/mol. The van der Waals surface area contributed by atoms with Crippen molar-refractivity contribution in [3.63, 3.8) is 0 Å². The van der Waals surface area contributed by atoms with E-state index in [1.54, 1.807) is 0 Å². The molecule has 18 heavy (non-hydrogen) atoms.